The monoisotopic (exact) mass is 350 g/mol. The topological polar surface area (TPSA) is 83.5 Å². The van der Waals surface area contributed by atoms with Crippen LogP contribution in [0.1, 0.15) is 30.4 Å². The van der Waals surface area contributed by atoms with Crippen LogP contribution in [0.2, 0.25) is 0 Å². The highest BCUT2D eigenvalue weighted by Gasteiger charge is 2.38. The fourth-order valence-corrected chi connectivity index (χ4v) is 4.02. The van der Waals surface area contributed by atoms with E-state index in [2.05, 4.69) is 4.72 Å². The van der Waals surface area contributed by atoms with E-state index in [4.69, 9.17) is 0 Å². The first-order chi connectivity index (χ1) is 11.3. The molecule has 0 spiro atoms. The summed E-state index contributed by atoms with van der Waals surface area (Å²) in [6.07, 6.45) is 2.34. The lowest BCUT2D eigenvalue weighted by Gasteiger charge is -2.16. The molecule has 6 nitrogen and oxygen atoms in total. The van der Waals surface area contributed by atoms with Gasteiger partial charge in [-0.1, -0.05) is 6.07 Å². The van der Waals surface area contributed by atoms with Gasteiger partial charge in [0.2, 0.25) is 11.8 Å². The average molecular weight is 350 g/mol. The number of carbonyl (C=O) groups excluding carboxylic acids is 2. The molecule has 24 heavy (non-hydrogen) atoms. The van der Waals surface area contributed by atoms with Crippen molar-refractivity contribution in [1.29, 1.82) is 0 Å². The quantitative estimate of drug-likeness (QED) is 0.869. The number of nitrogens with zero attached hydrogens (tertiary/aromatic N) is 1. The lowest BCUT2D eigenvalue weighted by molar-refractivity contribution is -0.128. The summed E-state index contributed by atoms with van der Waals surface area (Å²) >= 11 is 0. The van der Waals surface area contributed by atoms with Crippen molar-refractivity contribution in [2.45, 2.75) is 38.0 Å². The zero-order valence-electron chi connectivity index (χ0n) is 13.9. The van der Waals surface area contributed by atoms with Crippen molar-refractivity contribution in [3.05, 3.63) is 29.3 Å². The number of nitrogens with one attached hydrogen (secondary N) is 1. The Kier molecular flexibility index (Phi) is 4.38. The first-order valence-corrected chi connectivity index (χ1v) is 9.66. The lowest BCUT2D eigenvalue weighted by Crippen LogP contribution is -2.37. The normalized spacial score (nSPS) is 21.2. The first kappa shape index (κ1) is 17.0. The number of hydrogen-bond acceptors (Lipinski definition) is 4. The number of sulfonamides is 1. The molecule has 3 rings (SSSR count). The van der Waals surface area contributed by atoms with E-state index in [-0.39, 0.29) is 17.2 Å². The summed E-state index contributed by atoms with van der Waals surface area (Å²) in [5, 5.41) is 0. The zero-order chi connectivity index (χ0) is 17.5. The second-order valence-electron chi connectivity index (χ2n) is 6.86. The van der Waals surface area contributed by atoms with Crippen molar-refractivity contribution in [2.24, 2.45) is 11.8 Å². The second-order valence-corrected chi connectivity index (χ2v) is 8.54. The fraction of sp³-hybridized carbons (Fsp3) is 0.529. The number of likely N-dealkylation sites (tertiary alicyclic amines) is 1. The van der Waals surface area contributed by atoms with E-state index in [0.29, 0.717) is 19.0 Å². The summed E-state index contributed by atoms with van der Waals surface area (Å²) in [6, 6.07) is 4.74. The van der Waals surface area contributed by atoms with Crippen LogP contribution in [0, 0.1) is 25.7 Å². The summed E-state index contributed by atoms with van der Waals surface area (Å²) in [5.41, 5.74) is 1.83. The fourth-order valence-electron chi connectivity index (χ4n) is 2.89. The number of hydrogen-bond donors (Lipinski definition) is 1. The molecule has 1 aromatic carbocycles. The maximum absolute atomic E-state index is 12.4. The van der Waals surface area contributed by atoms with Gasteiger partial charge in [0, 0.05) is 19.5 Å². The van der Waals surface area contributed by atoms with Crippen LogP contribution >= 0.6 is 0 Å². The van der Waals surface area contributed by atoms with Gasteiger partial charge in [0.15, 0.2) is 0 Å². The van der Waals surface area contributed by atoms with Gasteiger partial charge in [-0.05, 0) is 55.9 Å². The molecule has 2 amide bonds. The maximum atomic E-state index is 12.4. The van der Waals surface area contributed by atoms with E-state index in [1.54, 1.807) is 17.0 Å². The maximum Gasteiger partial charge on any atom is 0.264 e. The van der Waals surface area contributed by atoms with Crippen molar-refractivity contribution < 1.29 is 18.0 Å². The van der Waals surface area contributed by atoms with Gasteiger partial charge in [0.1, 0.15) is 0 Å². The standard InChI is InChI=1S/C17H22N2O4S/c1-11-3-6-15(7-12(11)2)24(22,23)18-17(21)14-8-16(20)19(10-14)9-13-4-5-13/h3,6-7,13-14H,4-5,8-10H2,1-2H3,(H,18,21). The summed E-state index contributed by atoms with van der Waals surface area (Å²) in [6.45, 7) is 4.71. The minimum atomic E-state index is -3.91. The molecule has 7 heteroatoms. The van der Waals surface area contributed by atoms with E-state index in [0.717, 1.165) is 24.0 Å². The Morgan fingerprint density at radius 1 is 1.25 bits per heavy atom. The smallest absolute Gasteiger partial charge is 0.264 e. The average Bonchev–Trinajstić information content (AvgIpc) is 3.24. The number of aryl methyl sites for hydroxylation is 2. The zero-order valence-corrected chi connectivity index (χ0v) is 14.7. The van der Waals surface area contributed by atoms with Gasteiger partial charge >= 0.3 is 0 Å². The molecule has 1 heterocycles. The molecule has 1 saturated carbocycles. The lowest BCUT2D eigenvalue weighted by atomic mass is 10.1. The number of amides is 2. The van der Waals surface area contributed by atoms with Crippen LogP contribution in [-0.4, -0.2) is 38.2 Å². The van der Waals surface area contributed by atoms with E-state index < -0.39 is 21.8 Å². The second kappa shape index (κ2) is 6.20. The van der Waals surface area contributed by atoms with Crippen molar-refractivity contribution in [3.8, 4) is 0 Å². The Hall–Kier alpha value is -1.89. The predicted octanol–water partition coefficient (Wildman–Crippen LogP) is 1.37. The predicted molar refractivity (Wildman–Crippen MR) is 88.7 cm³/mol. The molecule has 1 atom stereocenters. The Labute approximate surface area is 142 Å². The van der Waals surface area contributed by atoms with Crippen LogP contribution in [0.15, 0.2) is 23.1 Å². The van der Waals surface area contributed by atoms with E-state index in [1.165, 1.54) is 6.07 Å². The van der Waals surface area contributed by atoms with Gasteiger partial charge in [-0.15, -0.1) is 0 Å². The molecule has 0 bridgehead atoms. The molecular weight excluding hydrogens is 328 g/mol. The van der Waals surface area contributed by atoms with Gasteiger partial charge in [-0.25, -0.2) is 13.1 Å². The number of benzene rings is 1. The molecule has 130 valence electrons. The third-order valence-electron chi connectivity index (χ3n) is 4.78. The minimum absolute atomic E-state index is 0.0642. The van der Waals surface area contributed by atoms with Gasteiger partial charge in [-0.3, -0.25) is 9.59 Å². The van der Waals surface area contributed by atoms with E-state index in [9.17, 15) is 18.0 Å². The first-order valence-electron chi connectivity index (χ1n) is 8.18. The highest BCUT2D eigenvalue weighted by molar-refractivity contribution is 7.90. The Bertz CT molecular complexity index is 784. The Morgan fingerprint density at radius 3 is 2.58 bits per heavy atom. The molecule has 1 aliphatic heterocycles. The highest BCUT2D eigenvalue weighted by Crippen LogP contribution is 2.32. The molecule has 2 fully saturated rings. The van der Waals surface area contributed by atoms with Gasteiger partial charge < -0.3 is 4.90 Å². The van der Waals surface area contributed by atoms with Gasteiger partial charge in [0.25, 0.3) is 10.0 Å². The molecule has 2 aliphatic rings. The van der Waals surface area contributed by atoms with Crippen LogP contribution < -0.4 is 4.72 Å². The number of carbonyl (C=O) groups is 2. The van der Waals surface area contributed by atoms with Gasteiger partial charge in [0.05, 0.1) is 10.8 Å². The summed E-state index contributed by atoms with van der Waals surface area (Å²) < 4.78 is 26.9. The van der Waals surface area contributed by atoms with Crippen molar-refractivity contribution in [1.82, 2.24) is 9.62 Å². The van der Waals surface area contributed by atoms with E-state index in [1.807, 2.05) is 13.8 Å². The molecule has 1 N–H and O–H groups in total. The van der Waals surface area contributed by atoms with Crippen LogP contribution in [-0.2, 0) is 19.6 Å². The van der Waals surface area contributed by atoms with Crippen LogP contribution in [0.4, 0.5) is 0 Å². The van der Waals surface area contributed by atoms with Crippen molar-refractivity contribution >= 4 is 21.8 Å². The third kappa shape index (κ3) is 3.61. The van der Waals surface area contributed by atoms with Gasteiger partial charge in [-0.2, -0.15) is 0 Å². The largest absolute Gasteiger partial charge is 0.342 e. The molecule has 1 saturated heterocycles. The minimum Gasteiger partial charge on any atom is -0.342 e. The summed E-state index contributed by atoms with van der Waals surface area (Å²) in [4.78, 5) is 26.0. The number of rotatable bonds is 5. The molecule has 0 radical (unpaired) electrons. The van der Waals surface area contributed by atoms with Crippen LogP contribution in [0.5, 0.6) is 0 Å². The Morgan fingerprint density at radius 2 is 1.96 bits per heavy atom. The summed E-state index contributed by atoms with van der Waals surface area (Å²) in [5.74, 6) is -0.710. The third-order valence-corrected chi connectivity index (χ3v) is 6.13. The molecular formula is C17H22N2O4S. The van der Waals surface area contributed by atoms with Crippen LogP contribution in [0.25, 0.3) is 0 Å². The van der Waals surface area contributed by atoms with Crippen molar-refractivity contribution in [2.75, 3.05) is 13.1 Å². The molecule has 0 aromatic heterocycles. The highest BCUT2D eigenvalue weighted by atomic mass is 32.2. The van der Waals surface area contributed by atoms with Crippen molar-refractivity contribution in [3.63, 3.8) is 0 Å². The molecule has 1 aliphatic carbocycles. The van der Waals surface area contributed by atoms with Crippen LogP contribution in [0.3, 0.4) is 0 Å². The summed E-state index contributed by atoms with van der Waals surface area (Å²) in [7, 11) is -3.91. The molecule has 1 aromatic rings. The molecule has 1 unspecified atom stereocenters. The van der Waals surface area contributed by atoms with E-state index >= 15 is 0 Å². The SMILES string of the molecule is Cc1ccc(S(=O)(=O)NC(=O)C2CC(=O)N(CC3CC3)C2)cc1C. The Balaban J connectivity index is 1.67.